The molecule has 0 aliphatic carbocycles. The maximum absolute atomic E-state index is 11.6. The number of nitrogens with zero attached hydrogens (tertiary/aromatic N) is 1. The van der Waals surface area contributed by atoms with Gasteiger partial charge in [-0.1, -0.05) is 20.8 Å². The monoisotopic (exact) mass is 247 g/mol. The molecular formula is C14H21N3O. The van der Waals surface area contributed by atoms with Crippen molar-refractivity contribution in [3.8, 4) is 12.3 Å². The summed E-state index contributed by atoms with van der Waals surface area (Å²) < 4.78 is 0. The molecule has 98 valence electrons. The summed E-state index contributed by atoms with van der Waals surface area (Å²) in [5.74, 6) is 3.13. The van der Waals surface area contributed by atoms with Gasteiger partial charge in [-0.15, -0.1) is 12.3 Å². The summed E-state index contributed by atoms with van der Waals surface area (Å²) in [6, 6.07) is 1.87. The predicted molar refractivity (Wildman–Crippen MR) is 73.2 cm³/mol. The number of hydrogen-bond acceptors (Lipinski definition) is 2. The topological polar surface area (TPSA) is 57.8 Å². The first-order valence-corrected chi connectivity index (χ1v) is 6.22. The second kappa shape index (κ2) is 6.25. The first-order valence-electron chi connectivity index (χ1n) is 6.22. The van der Waals surface area contributed by atoms with Crippen molar-refractivity contribution >= 4 is 11.7 Å². The van der Waals surface area contributed by atoms with Crippen molar-refractivity contribution in [2.45, 2.75) is 51.9 Å². The molecule has 1 amide bonds. The van der Waals surface area contributed by atoms with Gasteiger partial charge in [0.25, 0.3) is 0 Å². The molecule has 1 aromatic rings. The molecule has 0 aliphatic heterocycles. The maximum atomic E-state index is 11.6. The van der Waals surface area contributed by atoms with Crippen LogP contribution >= 0.6 is 0 Å². The molecule has 1 aromatic heterocycles. The van der Waals surface area contributed by atoms with Gasteiger partial charge in [0.15, 0.2) is 5.82 Å². The van der Waals surface area contributed by atoms with E-state index in [2.05, 4.69) is 42.2 Å². The van der Waals surface area contributed by atoms with Gasteiger partial charge in [0.1, 0.15) is 0 Å². The lowest BCUT2D eigenvalue weighted by Crippen LogP contribution is -2.12. The number of hydrogen-bond donors (Lipinski definition) is 2. The quantitative estimate of drug-likeness (QED) is 0.621. The first kappa shape index (κ1) is 14.3. The Morgan fingerprint density at radius 1 is 1.50 bits per heavy atom. The molecular weight excluding hydrogens is 226 g/mol. The Hall–Kier alpha value is -1.76. The number of unbranched alkanes of at least 4 members (excludes halogenated alkanes) is 2. The standard InChI is InChI=1S/C14H21N3O/c1-5-6-7-8-9-13(18)15-12-10-11(16-17-12)14(2,3)4/h1,10H,6-9H2,2-4H3,(H2,15,16,17,18). The number of nitrogens with one attached hydrogen (secondary N) is 2. The van der Waals surface area contributed by atoms with Crippen LogP contribution in [0.4, 0.5) is 5.82 Å². The van der Waals surface area contributed by atoms with Crippen LogP contribution in [-0.4, -0.2) is 16.1 Å². The smallest absolute Gasteiger partial charge is 0.225 e. The second-order valence-electron chi connectivity index (χ2n) is 5.38. The minimum Gasteiger partial charge on any atom is -0.309 e. The highest BCUT2D eigenvalue weighted by atomic mass is 16.1. The minimum atomic E-state index is -0.0148. The number of terminal acetylenes is 1. The van der Waals surface area contributed by atoms with Crippen LogP contribution in [0, 0.1) is 12.3 Å². The Labute approximate surface area is 109 Å². The third kappa shape index (κ3) is 4.62. The Kier molecular flexibility index (Phi) is 4.96. The van der Waals surface area contributed by atoms with Gasteiger partial charge in [0, 0.05) is 30.0 Å². The summed E-state index contributed by atoms with van der Waals surface area (Å²) in [7, 11) is 0. The Bertz CT molecular complexity index is 435. The second-order valence-corrected chi connectivity index (χ2v) is 5.38. The van der Waals surface area contributed by atoms with Crippen LogP contribution in [0.2, 0.25) is 0 Å². The summed E-state index contributed by atoms with van der Waals surface area (Å²) in [6.45, 7) is 6.27. The number of aromatic nitrogens is 2. The van der Waals surface area contributed by atoms with E-state index in [0.717, 1.165) is 25.0 Å². The largest absolute Gasteiger partial charge is 0.309 e. The van der Waals surface area contributed by atoms with Gasteiger partial charge in [-0.2, -0.15) is 5.10 Å². The Balaban J connectivity index is 2.41. The van der Waals surface area contributed by atoms with Crippen molar-refractivity contribution in [1.29, 1.82) is 0 Å². The maximum Gasteiger partial charge on any atom is 0.225 e. The van der Waals surface area contributed by atoms with E-state index >= 15 is 0 Å². The molecule has 0 aliphatic rings. The highest BCUT2D eigenvalue weighted by molar-refractivity contribution is 5.89. The number of rotatable bonds is 5. The molecule has 0 spiro atoms. The predicted octanol–water partition coefficient (Wildman–Crippen LogP) is 2.84. The molecule has 18 heavy (non-hydrogen) atoms. The summed E-state index contributed by atoms with van der Waals surface area (Å²) in [4.78, 5) is 11.6. The van der Waals surface area contributed by atoms with Crippen LogP contribution in [-0.2, 0) is 10.2 Å². The van der Waals surface area contributed by atoms with E-state index in [9.17, 15) is 4.79 Å². The fourth-order valence-electron chi connectivity index (χ4n) is 1.49. The normalized spacial score (nSPS) is 11.0. The highest BCUT2D eigenvalue weighted by Gasteiger charge is 2.17. The van der Waals surface area contributed by atoms with Crippen molar-refractivity contribution in [3.05, 3.63) is 11.8 Å². The van der Waals surface area contributed by atoms with Crippen LogP contribution in [0.1, 0.15) is 52.1 Å². The highest BCUT2D eigenvalue weighted by Crippen LogP contribution is 2.21. The van der Waals surface area contributed by atoms with Crippen LogP contribution in [0.3, 0.4) is 0 Å². The summed E-state index contributed by atoms with van der Waals surface area (Å²) in [6.07, 6.45) is 8.06. The molecule has 1 rings (SSSR count). The number of H-pyrrole nitrogens is 1. The van der Waals surface area contributed by atoms with E-state index < -0.39 is 0 Å². The molecule has 0 unspecified atom stereocenters. The van der Waals surface area contributed by atoms with Crippen molar-refractivity contribution in [2.75, 3.05) is 5.32 Å². The molecule has 0 atom stereocenters. The fourth-order valence-corrected chi connectivity index (χ4v) is 1.49. The number of carbonyl (C=O) groups excluding carboxylic acids is 1. The van der Waals surface area contributed by atoms with E-state index in [1.807, 2.05) is 6.07 Å². The van der Waals surface area contributed by atoms with Crippen molar-refractivity contribution in [1.82, 2.24) is 10.2 Å². The van der Waals surface area contributed by atoms with E-state index in [4.69, 9.17) is 6.42 Å². The number of carbonyl (C=O) groups is 1. The Morgan fingerprint density at radius 3 is 2.78 bits per heavy atom. The van der Waals surface area contributed by atoms with E-state index in [1.54, 1.807) is 0 Å². The van der Waals surface area contributed by atoms with E-state index in [1.165, 1.54) is 0 Å². The molecule has 0 saturated carbocycles. The van der Waals surface area contributed by atoms with Gasteiger partial charge in [-0.25, -0.2) is 0 Å². The number of aromatic amines is 1. The van der Waals surface area contributed by atoms with E-state index in [-0.39, 0.29) is 11.3 Å². The fraction of sp³-hybridized carbons (Fsp3) is 0.571. The van der Waals surface area contributed by atoms with Gasteiger partial charge in [-0.05, 0) is 12.8 Å². The molecule has 1 heterocycles. The van der Waals surface area contributed by atoms with Crippen LogP contribution in [0.15, 0.2) is 6.07 Å². The number of anilines is 1. The lowest BCUT2D eigenvalue weighted by molar-refractivity contribution is -0.116. The minimum absolute atomic E-state index is 0.00275. The lowest BCUT2D eigenvalue weighted by Gasteiger charge is -2.14. The zero-order valence-corrected chi connectivity index (χ0v) is 11.3. The molecule has 0 fully saturated rings. The zero-order valence-electron chi connectivity index (χ0n) is 11.3. The van der Waals surface area contributed by atoms with Crippen molar-refractivity contribution < 1.29 is 4.79 Å². The van der Waals surface area contributed by atoms with Crippen LogP contribution in [0.25, 0.3) is 0 Å². The molecule has 4 heteroatoms. The average molecular weight is 247 g/mol. The summed E-state index contributed by atoms with van der Waals surface area (Å²) in [5.41, 5.74) is 1.01. The van der Waals surface area contributed by atoms with Crippen molar-refractivity contribution in [2.24, 2.45) is 0 Å². The molecule has 0 bridgehead atoms. The molecule has 4 nitrogen and oxygen atoms in total. The van der Waals surface area contributed by atoms with Gasteiger partial charge in [0.2, 0.25) is 5.91 Å². The molecule has 0 aromatic carbocycles. The molecule has 0 saturated heterocycles. The SMILES string of the molecule is C#CCCCCC(=O)Nc1cc(C(C)(C)C)[nH]n1. The van der Waals surface area contributed by atoms with Gasteiger partial charge >= 0.3 is 0 Å². The van der Waals surface area contributed by atoms with Gasteiger partial charge in [0.05, 0.1) is 0 Å². The van der Waals surface area contributed by atoms with Crippen molar-refractivity contribution in [3.63, 3.8) is 0 Å². The van der Waals surface area contributed by atoms with Crippen LogP contribution < -0.4 is 5.32 Å². The zero-order chi connectivity index (χ0) is 13.6. The van der Waals surface area contributed by atoms with Gasteiger partial charge in [-0.3, -0.25) is 9.89 Å². The lowest BCUT2D eigenvalue weighted by atomic mass is 9.92. The summed E-state index contributed by atoms with van der Waals surface area (Å²) >= 11 is 0. The first-order chi connectivity index (χ1) is 8.43. The Morgan fingerprint density at radius 2 is 2.22 bits per heavy atom. The van der Waals surface area contributed by atoms with Gasteiger partial charge < -0.3 is 5.32 Å². The van der Waals surface area contributed by atoms with Crippen LogP contribution in [0.5, 0.6) is 0 Å². The third-order valence-corrected chi connectivity index (χ3v) is 2.63. The van der Waals surface area contributed by atoms with E-state index in [0.29, 0.717) is 12.2 Å². The third-order valence-electron chi connectivity index (χ3n) is 2.63. The number of amides is 1. The average Bonchev–Trinajstić information content (AvgIpc) is 2.72. The molecule has 0 radical (unpaired) electrons. The molecule has 2 N–H and O–H groups in total. The summed E-state index contributed by atoms with van der Waals surface area (Å²) in [5, 5.41) is 9.79.